The van der Waals surface area contributed by atoms with E-state index < -0.39 is 23.5 Å². The van der Waals surface area contributed by atoms with Gasteiger partial charge in [-0.3, -0.25) is 9.59 Å². The molecule has 0 spiro atoms. The first kappa shape index (κ1) is 19.4. The molecule has 0 amide bonds. The Morgan fingerprint density at radius 3 is 2.23 bits per heavy atom. The number of ether oxygens (including phenoxy) is 1. The van der Waals surface area contributed by atoms with Crippen molar-refractivity contribution in [1.82, 2.24) is 4.98 Å². The van der Waals surface area contributed by atoms with Crippen LogP contribution in [-0.4, -0.2) is 28.6 Å². The highest BCUT2D eigenvalue weighted by Crippen LogP contribution is 2.21. The van der Waals surface area contributed by atoms with Crippen LogP contribution in [0.3, 0.4) is 0 Å². The topological polar surface area (TPSA) is 106 Å². The van der Waals surface area contributed by atoms with Crippen molar-refractivity contribution in [2.75, 3.05) is 0 Å². The molecule has 0 aliphatic carbocycles. The molecular formula is C19H21NO6. The van der Waals surface area contributed by atoms with Crippen LogP contribution in [0.25, 0.3) is 0 Å². The van der Waals surface area contributed by atoms with Crippen LogP contribution in [0.2, 0.25) is 0 Å². The fourth-order valence-electron chi connectivity index (χ4n) is 3.06. The molecule has 1 N–H and O–H groups in total. The maximum atomic E-state index is 12.7. The Hall–Kier alpha value is -2.96. The standard InChI is InChI=1S/C19H21NO6/c1-8-7-14(22)25-12(5)15(8)19(24)26-13(6)18(23)17-9(2)16(11(4)21)10(3)20-17/h7,13,20H,1-6H3. The maximum absolute atomic E-state index is 12.7. The number of nitrogens with one attached hydrogen (secondary N) is 1. The number of hydrogen-bond acceptors (Lipinski definition) is 6. The first-order valence-corrected chi connectivity index (χ1v) is 8.11. The lowest BCUT2D eigenvalue weighted by atomic mass is 10.0. The van der Waals surface area contributed by atoms with E-state index >= 15 is 0 Å². The quantitative estimate of drug-likeness (QED) is 0.650. The van der Waals surface area contributed by atoms with Gasteiger partial charge in [-0.25, -0.2) is 9.59 Å². The van der Waals surface area contributed by atoms with Crippen molar-refractivity contribution in [3.8, 4) is 0 Å². The van der Waals surface area contributed by atoms with Gasteiger partial charge in [0.1, 0.15) is 11.3 Å². The van der Waals surface area contributed by atoms with Gasteiger partial charge < -0.3 is 14.1 Å². The molecule has 2 aromatic heterocycles. The average Bonchev–Trinajstić information content (AvgIpc) is 2.79. The van der Waals surface area contributed by atoms with Gasteiger partial charge in [0.15, 0.2) is 11.9 Å². The molecule has 2 rings (SSSR count). The molecular weight excluding hydrogens is 338 g/mol. The zero-order valence-electron chi connectivity index (χ0n) is 15.6. The van der Waals surface area contributed by atoms with Crippen molar-refractivity contribution >= 4 is 17.5 Å². The summed E-state index contributed by atoms with van der Waals surface area (Å²) in [5, 5.41) is 0. The van der Waals surface area contributed by atoms with Crippen LogP contribution in [0, 0.1) is 27.7 Å². The smallest absolute Gasteiger partial charge is 0.342 e. The molecule has 0 fully saturated rings. The van der Waals surface area contributed by atoms with Gasteiger partial charge in [-0.2, -0.15) is 0 Å². The summed E-state index contributed by atoms with van der Waals surface area (Å²) >= 11 is 0. The van der Waals surface area contributed by atoms with Gasteiger partial charge in [-0.05, 0) is 52.7 Å². The van der Waals surface area contributed by atoms with Crippen LogP contribution in [0.15, 0.2) is 15.3 Å². The van der Waals surface area contributed by atoms with Crippen molar-refractivity contribution in [1.29, 1.82) is 0 Å². The first-order valence-electron chi connectivity index (χ1n) is 8.11. The van der Waals surface area contributed by atoms with Crippen molar-refractivity contribution in [2.45, 2.75) is 47.6 Å². The van der Waals surface area contributed by atoms with E-state index in [1.807, 2.05) is 0 Å². The molecule has 7 heteroatoms. The molecule has 0 bridgehead atoms. The van der Waals surface area contributed by atoms with Gasteiger partial charge in [0.05, 0.1) is 5.69 Å². The lowest BCUT2D eigenvalue weighted by molar-refractivity contribution is 0.0312. The third-order valence-electron chi connectivity index (χ3n) is 4.23. The molecule has 1 unspecified atom stereocenters. The molecule has 0 saturated heterocycles. The minimum Gasteiger partial charge on any atom is -0.450 e. The number of carbonyl (C=O) groups excluding carboxylic acids is 3. The fraction of sp³-hybridized carbons (Fsp3) is 0.368. The largest absolute Gasteiger partial charge is 0.450 e. The summed E-state index contributed by atoms with van der Waals surface area (Å²) in [6.45, 7) is 9.32. The molecule has 2 heterocycles. The van der Waals surface area contributed by atoms with E-state index in [1.165, 1.54) is 26.8 Å². The fourth-order valence-corrected chi connectivity index (χ4v) is 3.06. The molecule has 0 aliphatic rings. The monoisotopic (exact) mass is 359 g/mol. The van der Waals surface area contributed by atoms with Crippen molar-refractivity contribution in [3.63, 3.8) is 0 Å². The number of aromatic amines is 1. The highest BCUT2D eigenvalue weighted by Gasteiger charge is 2.27. The summed E-state index contributed by atoms with van der Waals surface area (Å²) in [5.41, 5.74) is 1.79. The zero-order chi connectivity index (χ0) is 19.8. The second-order valence-electron chi connectivity index (χ2n) is 6.27. The Bertz CT molecular complexity index is 937. The van der Waals surface area contributed by atoms with E-state index in [0.29, 0.717) is 22.4 Å². The Balaban J connectivity index is 2.28. The molecule has 2 aromatic rings. The van der Waals surface area contributed by atoms with Gasteiger partial charge in [0.25, 0.3) is 0 Å². The third kappa shape index (κ3) is 3.51. The van der Waals surface area contributed by atoms with Gasteiger partial charge in [-0.1, -0.05) is 0 Å². The van der Waals surface area contributed by atoms with Crippen molar-refractivity contribution < 1.29 is 23.5 Å². The average molecular weight is 359 g/mol. The van der Waals surface area contributed by atoms with Crippen LogP contribution >= 0.6 is 0 Å². The summed E-state index contributed by atoms with van der Waals surface area (Å²) < 4.78 is 10.2. The molecule has 1 atom stereocenters. The Morgan fingerprint density at radius 1 is 1.12 bits per heavy atom. The normalized spacial score (nSPS) is 11.9. The summed E-state index contributed by atoms with van der Waals surface area (Å²) in [7, 11) is 0. The molecule has 0 aliphatic heterocycles. The highest BCUT2D eigenvalue weighted by atomic mass is 16.5. The van der Waals surface area contributed by atoms with Crippen LogP contribution < -0.4 is 5.63 Å². The number of rotatable bonds is 5. The number of hydrogen-bond donors (Lipinski definition) is 1. The predicted octanol–water partition coefficient (Wildman–Crippen LogP) is 2.83. The van der Waals surface area contributed by atoms with E-state index in [4.69, 9.17) is 9.15 Å². The Labute approximate surface area is 150 Å². The number of ketones is 2. The lowest BCUT2D eigenvalue weighted by Gasteiger charge is -2.14. The molecule has 0 saturated carbocycles. The molecule has 7 nitrogen and oxygen atoms in total. The van der Waals surface area contributed by atoms with E-state index in [9.17, 15) is 19.2 Å². The third-order valence-corrected chi connectivity index (χ3v) is 4.23. The Kier molecular flexibility index (Phi) is 5.30. The number of aromatic nitrogens is 1. The summed E-state index contributed by atoms with van der Waals surface area (Å²) in [6, 6.07) is 1.19. The summed E-state index contributed by atoms with van der Waals surface area (Å²) in [5.74, 6) is -1.22. The van der Waals surface area contributed by atoms with Gasteiger partial charge >= 0.3 is 11.6 Å². The summed E-state index contributed by atoms with van der Waals surface area (Å²) in [6.07, 6.45) is -1.08. The second kappa shape index (κ2) is 7.11. The van der Waals surface area contributed by atoms with E-state index in [2.05, 4.69) is 4.98 Å². The predicted molar refractivity (Wildman–Crippen MR) is 93.9 cm³/mol. The number of Topliss-reactive ketones (excluding diaryl/α,β-unsaturated/α-hetero) is 2. The number of carbonyl (C=O) groups is 3. The number of H-pyrrole nitrogens is 1. The first-order chi connectivity index (χ1) is 12.0. The minimum absolute atomic E-state index is 0.119. The van der Waals surface area contributed by atoms with Gasteiger partial charge in [0, 0.05) is 17.3 Å². The van der Waals surface area contributed by atoms with E-state index in [0.717, 1.165) is 0 Å². The van der Waals surface area contributed by atoms with E-state index in [-0.39, 0.29) is 22.8 Å². The SMILES string of the molecule is CC(=O)c1c(C)[nH]c(C(=O)C(C)OC(=O)c2c(C)cc(=O)oc2C)c1C. The van der Waals surface area contributed by atoms with Crippen LogP contribution in [0.5, 0.6) is 0 Å². The maximum Gasteiger partial charge on any atom is 0.342 e. The van der Waals surface area contributed by atoms with Crippen LogP contribution in [-0.2, 0) is 4.74 Å². The molecule has 0 radical (unpaired) electrons. The molecule has 26 heavy (non-hydrogen) atoms. The van der Waals surface area contributed by atoms with Gasteiger partial charge in [-0.15, -0.1) is 0 Å². The molecule has 138 valence electrons. The Morgan fingerprint density at radius 2 is 1.73 bits per heavy atom. The second-order valence-corrected chi connectivity index (χ2v) is 6.27. The molecule has 0 aromatic carbocycles. The highest BCUT2D eigenvalue weighted by molar-refractivity contribution is 6.05. The van der Waals surface area contributed by atoms with Crippen molar-refractivity contribution in [3.05, 3.63) is 55.9 Å². The van der Waals surface area contributed by atoms with Crippen molar-refractivity contribution in [2.24, 2.45) is 0 Å². The number of aryl methyl sites for hydroxylation is 3. The number of esters is 1. The van der Waals surface area contributed by atoms with Crippen LogP contribution in [0.4, 0.5) is 0 Å². The van der Waals surface area contributed by atoms with Crippen LogP contribution in [0.1, 0.15) is 67.6 Å². The zero-order valence-corrected chi connectivity index (χ0v) is 15.6. The minimum atomic E-state index is -1.08. The lowest BCUT2D eigenvalue weighted by Crippen LogP contribution is -2.26. The van der Waals surface area contributed by atoms with E-state index in [1.54, 1.807) is 20.8 Å². The van der Waals surface area contributed by atoms with Gasteiger partial charge in [0.2, 0.25) is 5.78 Å². The summed E-state index contributed by atoms with van der Waals surface area (Å²) in [4.78, 5) is 51.0.